The van der Waals surface area contributed by atoms with Crippen molar-refractivity contribution in [2.24, 2.45) is 0 Å². The lowest BCUT2D eigenvalue weighted by atomic mass is 10.1. The Balaban J connectivity index is 1.49. The van der Waals surface area contributed by atoms with Crippen molar-refractivity contribution in [3.05, 3.63) is 65.2 Å². The van der Waals surface area contributed by atoms with Crippen molar-refractivity contribution in [3.8, 4) is 28.7 Å². The fourth-order valence-electron chi connectivity index (χ4n) is 3.30. The maximum atomic E-state index is 12.8. The smallest absolute Gasteiger partial charge is 0.257 e. The van der Waals surface area contributed by atoms with Crippen molar-refractivity contribution in [3.63, 3.8) is 0 Å². The largest absolute Gasteiger partial charge is 0.493 e. The van der Waals surface area contributed by atoms with Crippen molar-refractivity contribution < 1.29 is 23.4 Å². The lowest BCUT2D eigenvalue weighted by Gasteiger charge is -2.14. The van der Waals surface area contributed by atoms with Gasteiger partial charge in [-0.15, -0.1) is 0 Å². The monoisotopic (exact) mass is 497 g/mol. The predicted molar refractivity (Wildman–Crippen MR) is 134 cm³/mol. The number of nitrogens with zero attached hydrogens (tertiary/aromatic N) is 1. The van der Waals surface area contributed by atoms with Gasteiger partial charge >= 0.3 is 0 Å². The van der Waals surface area contributed by atoms with E-state index in [9.17, 15) is 4.79 Å². The minimum Gasteiger partial charge on any atom is -0.493 e. The van der Waals surface area contributed by atoms with Crippen molar-refractivity contribution in [2.75, 3.05) is 26.6 Å². The summed E-state index contributed by atoms with van der Waals surface area (Å²) < 4.78 is 21.7. The molecule has 0 saturated carbocycles. The highest BCUT2D eigenvalue weighted by Crippen LogP contribution is 2.38. The average Bonchev–Trinajstić information content (AvgIpc) is 3.26. The maximum absolute atomic E-state index is 12.8. The van der Waals surface area contributed by atoms with E-state index >= 15 is 0 Å². The van der Waals surface area contributed by atoms with E-state index in [0.717, 1.165) is 5.56 Å². The van der Waals surface area contributed by atoms with Gasteiger partial charge in [0.1, 0.15) is 5.52 Å². The number of fused-ring (bicyclic) bond motifs is 1. The van der Waals surface area contributed by atoms with Gasteiger partial charge in [0.2, 0.25) is 11.6 Å². The first-order valence-electron chi connectivity index (χ1n) is 10.0. The molecule has 2 N–H and O–H groups in total. The molecule has 0 radical (unpaired) electrons. The van der Waals surface area contributed by atoms with Gasteiger partial charge in [-0.1, -0.05) is 17.7 Å². The number of benzene rings is 3. The molecule has 0 saturated heterocycles. The first-order valence-corrected chi connectivity index (χ1v) is 10.8. The zero-order valence-electron chi connectivity index (χ0n) is 18.5. The number of aromatic nitrogens is 1. The number of carbonyl (C=O) groups is 1. The summed E-state index contributed by atoms with van der Waals surface area (Å²) in [6, 6.07) is 15.6. The highest BCUT2D eigenvalue weighted by atomic mass is 35.5. The van der Waals surface area contributed by atoms with Crippen LogP contribution in [0.15, 0.2) is 59.0 Å². The Morgan fingerprint density at radius 2 is 1.74 bits per heavy atom. The molecule has 1 aromatic heterocycles. The molecular weight excluding hydrogens is 478 g/mol. The van der Waals surface area contributed by atoms with Crippen LogP contribution in [0.2, 0.25) is 5.02 Å². The van der Waals surface area contributed by atoms with Crippen LogP contribution in [0, 0.1) is 0 Å². The van der Waals surface area contributed by atoms with Gasteiger partial charge in [0.25, 0.3) is 5.91 Å². The van der Waals surface area contributed by atoms with E-state index in [1.807, 2.05) is 18.2 Å². The first kappa shape index (κ1) is 23.3. The number of rotatable bonds is 6. The normalized spacial score (nSPS) is 10.6. The Morgan fingerprint density at radius 3 is 2.41 bits per heavy atom. The molecule has 4 rings (SSSR count). The molecule has 174 valence electrons. The molecule has 1 heterocycles. The molecule has 0 spiro atoms. The quantitative estimate of drug-likeness (QED) is 0.346. The van der Waals surface area contributed by atoms with Gasteiger partial charge < -0.3 is 23.9 Å². The van der Waals surface area contributed by atoms with E-state index < -0.39 is 5.91 Å². The molecule has 34 heavy (non-hydrogen) atoms. The Morgan fingerprint density at radius 1 is 1.00 bits per heavy atom. The van der Waals surface area contributed by atoms with Crippen molar-refractivity contribution in [1.82, 2.24) is 10.3 Å². The highest BCUT2D eigenvalue weighted by Gasteiger charge is 2.18. The summed E-state index contributed by atoms with van der Waals surface area (Å²) in [4.78, 5) is 17.3. The zero-order chi connectivity index (χ0) is 24.2. The molecule has 0 aliphatic carbocycles. The Hall–Kier alpha value is -3.82. The van der Waals surface area contributed by atoms with E-state index in [-0.39, 0.29) is 10.7 Å². The molecule has 1 amide bonds. The van der Waals surface area contributed by atoms with Gasteiger partial charge in [-0.25, -0.2) is 4.98 Å². The minimum atomic E-state index is -0.441. The number of thiocarbonyl (C=S) groups is 1. The molecule has 0 aliphatic rings. The second kappa shape index (κ2) is 9.98. The van der Waals surface area contributed by atoms with E-state index in [4.69, 9.17) is 42.4 Å². The second-order valence-corrected chi connectivity index (χ2v) is 7.88. The average molecular weight is 498 g/mol. The molecular formula is C24H20ClN3O5S. The zero-order valence-corrected chi connectivity index (χ0v) is 20.0. The van der Waals surface area contributed by atoms with Crippen LogP contribution in [-0.2, 0) is 0 Å². The van der Waals surface area contributed by atoms with E-state index in [1.165, 1.54) is 21.3 Å². The highest BCUT2D eigenvalue weighted by molar-refractivity contribution is 7.80. The molecule has 10 heteroatoms. The van der Waals surface area contributed by atoms with Crippen LogP contribution in [0.5, 0.6) is 17.2 Å². The van der Waals surface area contributed by atoms with Gasteiger partial charge in [-0.3, -0.25) is 10.1 Å². The number of methoxy groups -OCH3 is 3. The standard InChI is InChI=1S/C24H20ClN3O5S/c1-30-19-10-14(11-20(31-2)21(19)32-3)22(29)28-24(34)26-16-6-4-5-13(9-16)23-27-17-12-15(25)7-8-18(17)33-23/h4-12H,1-3H3,(H2,26,28,29,34). The van der Waals surface area contributed by atoms with Crippen LogP contribution < -0.4 is 24.8 Å². The predicted octanol–water partition coefficient (Wildman–Crippen LogP) is 5.30. The third-order valence-electron chi connectivity index (χ3n) is 4.87. The third-order valence-corrected chi connectivity index (χ3v) is 5.31. The number of anilines is 1. The van der Waals surface area contributed by atoms with Crippen LogP contribution >= 0.6 is 23.8 Å². The van der Waals surface area contributed by atoms with Crippen molar-refractivity contribution in [2.45, 2.75) is 0 Å². The van der Waals surface area contributed by atoms with E-state index in [1.54, 1.807) is 36.4 Å². The Labute approximate surface area is 205 Å². The molecule has 0 aliphatic heterocycles. The molecule has 0 bridgehead atoms. The Kier molecular flexibility index (Phi) is 6.85. The Bertz CT molecular complexity index is 1360. The number of amides is 1. The van der Waals surface area contributed by atoms with Crippen LogP contribution in [0.4, 0.5) is 5.69 Å². The van der Waals surface area contributed by atoms with E-state index in [2.05, 4.69) is 15.6 Å². The summed E-state index contributed by atoms with van der Waals surface area (Å²) in [5.41, 5.74) is 2.96. The van der Waals surface area contributed by atoms with Gasteiger partial charge in [0.15, 0.2) is 22.2 Å². The number of oxazole rings is 1. The molecule has 3 aromatic carbocycles. The number of hydrogen-bond donors (Lipinski definition) is 2. The number of nitrogens with one attached hydrogen (secondary N) is 2. The second-order valence-electron chi connectivity index (χ2n) is 7.03. The van der Waals surface area contributed by atoms with Crippen LogP contribution in [0.1, 0.15) is 10.4 Å². The summed E-state index contributed by atoms with van der Waals surface area (Å²) in [6.45, 7) is 0. The number of hydrogen-bond acceptors (Lipinski definition) is 7. The number of carbonyl (C=O) groups excluding carboxylic acids is 1. The summed E-state index contributed by atoms with van der Waals surface area (Å²) in [6.07, 6.45) is 0. The fourth-order valence-corrected chi connectivity index (χ4v) is 3.68. The molecule has 4 aromatic rings. The number of ether oxygens (including phenoxy) is 3. The van der Waals surface area contributed by atoms with Gasteiger partial charge in [-0.05, 0) is 60.7 Å². The molecule has 0 atom stereocenters. The third kappa shape index (κ3) is 4.90. The molecule has 8 nitrogen and oxygen atoms in total. The van der Waals surface area contributed by atoms with Crippen molar-refractivity contribution in [1.29, 1.82) is 0 Å². The van der Waals surface area contributed by atoms with E-state index in [0.29, 0.717) is 44.9 Å². The summed E-state index contributed by atoms with van der Waals surface area (Å²) in [5.74, 6) is 1.11. The van der Waals surface area contributed by atoms with Crippen molar-refractivity contribution >= 4 is 51.6 Å². The van der Waals surface area contributed by atoms with Crippen LogP contribution in [-0.4, -0.2) is 37.3 Å². The summed E-state index contributed by atoms with van der Waals surface area (Å²) in [7, 11) is 4.44. The SMILES string of the molecule is COc1cc(C(=O)NC(=S)Nc2cccc(-c3nc4cc(Cl)ccc4o3)c2)cc(OC)c1OC. The number of halogens is 1. The van der Waals surface area contributed by atoms with Gasteiger partial charge in [0.05, 0.1) is 21.3 Å². The van der Waals surface area contributed by atoms with Crippen LogP contribution in [0.25, 0.3) is 22.6 Å². The fraction of sp³-hybridized carbons (Fsp3) is 0.125. The maximum Gasteiger partial charge on any atom is 0.257 e. The summed E-state index contributed by atoms with van der Waals surface area (Å²) in [5, 5.41) is 6.34. The first-order chi connectivity index (χ1) is 16.4. The summed E-state index contributed by atoms with van der Waals surface area (Å²) >= 11 is 11.4. The molecule has 0 unspecified atom stereocenters. The van der Waals surface area contributed by atoms with Crippen LogP contribution in [0.3, 0.4) is 0 Å². The lowest BCUT2D eigenvalue weighted by molar-refractivity contribution is 0.0977. The minimum absolute atomic E-state index is 0.111. The van der Waals surface area contributed by atoms with Gasteiger partial charge in [-0.2, -0.15) is 0 Å². The van der Waals surface area contributed by atoms with Gasteiger partial charge in [0, 0.05) is 21.8 Å². The lowest BCUT2D eigenvalue weighted by Crippen LogP contribution is -2.34. The molecule has 0 fully saturated rings. The topological polar surface area (TPSA) is 94.9 Å².